The van der Waals surface area contributed by atoms with Gasteiger partial charge in [0.25, 0.3) is 0 Å². The molecule has 2 nitrogen and oxygen atoms in total. The van der Waals surface area contributed by atoms with Crippen LogP contribution in [0.5, 0.6) is 5.75 Å². The first kappa shape index (κ1) is 11.5. The first-order valence-corrected chi connectivity index (χ1v) is 8.95. The SMILES string of the molecule is CC[As](CC)Cc1cc(N)ccc1O. The van der Waals surface area contributed by atoms with Gasteiger partial charge in [0.05, 0.1) is 0 Å². The van der Waals surface area contributed by atoms with Gasteiger partial charge < -0.3 is 0 Å². The number of nitrogens with two attached hydrogens (primary N) is 1. The van der Waals surface area contributed by atoms with Crippen LogP contribution in [0.1, 0.15) is 19.4 Å². The summed E-state index contributed by atoms with van der Waals surface area (Å²) in [4.78, 5) is 0. The van der Waals surface area contributed by atoms with Crippen LogP contribution in [-0.4, -0.2) is 19.8 Å². The maximum atomic E-state index is 9.64. The van der Waals surface area contributed by atoms with Gasteiger partial charge in [0, 0.05) is 0 Å². The van der Waals surface area contributed by atoms with Gasteiger partial charge in [-0.25, -0.2) is 0 Å². The Morgan fingerprint density at radius 2 is 1.93 bits per heavy atom. The summed E-state index contributed by atoms with van der Waals surface area (Å²) in [6.07, 6.45) is 0. The van der Waals surface area contributed by atoms with Crippen molar-refractivity contribution in [2.24, 2.45) is 0 Å². The molecule has 1 rings (SSSR count). The van der Waals surface area contributed by atoms with Gasteiger partial charge in [0.2, 0.25) is 0 Å². The standard InChI is InChI=1S/C11H18AsNO/c1-3-12(4-2)8-9-7-10(13)5-6-11(9)14/h5-7,14H,3-4,8,13H2,1-2H3. The van der Waals surface area contributed by atoms with Gasteiger partial charge in [0.15, 0.2) is 0 Å². The summed E-state index contributed by atoms with van der Waals surface area (Å²) >= 11 is -0.749. The molecule has 0 saturated heterocycles. The molecule has 0 fully saturated rings. The number of anilines is 1. The van der Waals surface area contributed by atoms with Crippen LogP contribution in [-0.2, 0) is 5.21 Å². The number of phenols is 1. The van der Waals surface area contributed by atoms with Crippen molar-refractivity contribution in [1.82, 2.24) is 0 Å². The second-order valence-electron chi connectivity index (χ2n) is 3.35. The molecule has 0 amide bonds. The molecule has 14 heavy (non-hydrogen) atoms. The monoisotopic (exact) mass is 255 g/mol. The minimum absolute atomic E-state index is 0.403. The summed E-state index contributed by atoms with van der Waals surface area (Å²) in [7, 11) is 0. The Kier molecular flexibility index (Phi) is 4.34. The number of hydrogen-bond acceptors (Lipinski definition) is 2. The molecule has 0 saturated carbocycles. The van der Waals surface area contributed by atoms with E-state index in [-0.39, 0.29) is 0 Å². The van der Waals surface area contributed by atoms with Gasteiger partial charge in [-0.05, 0) is 0 Å². The third kappa shape index (κ3) is 2.95. The predicted octanol–water partition coefficient (Wildman–Crippen LogP) is 2.59. The first-order chi connectivity index (χ1) is 6.67. The van der Waals surface area contributed by atoms with E-state index < -0.39 is 14.7 Å². The normalized spacial score (nSPS) is 10.8. The summed E-state index contributed by atoms with van der Waals surface area (Å²) in [5.41, 5.74) is 7.48. The molecular weight excluding hydrogens is 237 g/mol. The summed E-state index contributed by atoms with van der Waals surface area (Å²) in [5.74, 6) is 0.403. The molecule has 3 heteroatoms. The van der Waals surface area contributed by atoms with Crippen LogP contribution >= 0.6 is 0 Å². The Morgan fingerprint density at radius 1 is 1.29 bits per heavy atom. The van der Waals surface area contributed by atoms with E-state index in [1.54, 1.807) is 12.1 Å². The third-order valence-electron chi connectivity index (χ3n) is 2.39. The summed E-state index contributed by atoms with van der Waals surface area (Å²) in [5, 5.41) is 13.3. The zero-order valence-electron chi connectivity index (χ0n) is 8.83. The van der Waals surface area contributed by atoms with Gasteiger partial charge in [-0.1, -0.05) is 0 Å². The molecule has 1 aromatic rings. The van der Waals surface area contributed by atoms with E-state index in [9.17, 15) is 5.11 Å². The van der Waals surface area contributed by atoms with Gasteiger partial charge in [-0.3, -0.25) is 0 Å². The fourth-order valence-corrected chi connectivity index (χ4v) is 4.84. The fourth-order valence-electron chi connectivity index (χ4n) is 1.42. The third-order valence-corrected chi connectivity index (χ3v) is 7.80. The Morgan fingerprint density at radius 3 is 2.50 bits per heavy atom. The van der Waals surface area contributed by atoms with E-state index in [1.807, 2.05) is 6.07 Å². The molecule has 0 unspecified atom stereocenters. The molecule has 0 bridgehead atoms. The Labute approximate surface area is 90.4 Å². The van der Waals surface area contributed by atoms with E-state index in [4.69, 9.17) is 5.73 Å². The van der Waals surface area contributed by atoms with Crippen molar-refractivity contribution in [2.75, 3.05) is 5.73 Å². The molecule has 0 atom stereocenters. The van der Waals surface area contributed by atoms with E-state index in [0.717, 1.165) is 16.5 Å². The minimum atomic E-state index is -0.749. The van der Waals surface area contributed by atoms with Gasteiger partial charge >= 0.3 is 90.2 Å². The molecule has 0 aliphatic rings. The Bertz CT molecular complexity index is 297. The number of rotatable bonds is 4. The molecule has 0 heterocycles. The molecule has 0 spiro atoms. The number of benzene rings is 1. The summed E-state index contributed by atoms with van der Waals surface area (Å²) < 4.78 is 0. The zero-order valence-corrected chi connectivity index (χ0v) is 10.7. The number of aromatic hydroxyl groups is 1. The maximum absolute atomic E-state index is 9.64. The second-order valence-corrected chi connectivity index (χ2v) is 9.48. The van der Waals surface area contributed by atoms with Crippen LogP contribution in [0.15, 0.2) is 18.2 Å². The number of phenolic OH excluding ortho intramolecular Hbond substituents is 1. The Balaban J connectivity index is 2.79. The van der Waals surface area contributed by atoms with Crippen molar-refractivity contribution < 1.29 is 5.11 Å². The van der Waals surface area contributed by atoms with Crippen molar-refractivity contribution in [1.29, 1.82) is 0 Å². The van der Waals surface area contributed by atoms with E-state index in [0.29, 0.717) is 5.75 Å². The molecule has 0 aliphatic heterocycles. The van der Waals surface area contributed by atoms with Gasteiger partial charge in [-0.2, -0.15) is 0 Å². The number of hydrogen-bond donors (Lipinski definition) is 2. The van der Waals surface area contributed by atoms with Crippen molar-refractivity contribution in [3.8, 4) is 5.75 Å². The van der Waals surface area contributed by atoms with Crippen molar-refractivity contribution >= 4 is 20.3 Å². The van der Waals surface area contributed by atoms with Crippen LogP contribution in [0.4, 0.5) is 5.69 Å². The number of nitrogen functional groups attached to an aromatic ring is 1. The average Bonchev–Trinajstić information content (AvgIpc) is 2.19. The van der Waals surface area contributed by atoms with Crippen molar-refractivity contribution in [2.45, 2.75) is 29.5 Å². The fraction of sp³-hybridized carbons (Fsp3) is 0.455. The van der Waals surface area contributed by atoms with Gasteiger partial charge in [-0.15, -0.1) is 0 Å². The van der Waals surface area contributed by atoms with Crippen LogP contribution in [0, 0.1) is 0 Å². The molecule has 0 radical (unpaired) electrons. The van der Waals surface area contributed by atoms with Crippen molar-refractivity contribution in [3.63, 3.8) is 0 Å². The molecular formula is C11H18AsNO. The molecule has 0 aromatic heterocycles. The second kappa shape index (κ2) is 5.31. The predicted molar refractivity (Wildman–Crippen MR) is 62.9 cm³/mol. The van der Waals surface area contributed by atoms with E-state index in [2.05, 4.69) is 13.8 Å². The zero-order chi connectivity index (χ0) is 10.6. The topological polar surface area (TPSA) is 46.2 Å². The molecule has 0 aliphatic carbocycles. The van der Waals surface area contributed by atoms with Crippen LogP contribution in [0.25, 0.3) is 0 Å². The van der Waals surface area contributed by atoms with Crippen LogP contribution < -0.4 is 5.73 Å². The quantitative estimate of drug-likeness (QED) is 0.493. The van der Waals surface area contributed by atoms with Crippen LogP contribution in [0.3, 0.4) is 0 Å². The van der Waals surface area contributed by atoms with Crippen LogP contribution in [0.2, 0.25) is 10.4 Å². The summed E-state index contributed by atoms with van der Waals surface area (Å²) in [6, 6.07) is 5.35. The molecule has 3 N–H and O–H groups in total. The Hall–Kier alpha value is -0.622. The molecule has 78 valence electrons. The van der Waals surface area contributed by atoms with Gasteiger partial charge in [0.1, 0.15) is 0 Å². The van der Waals surface area contributed by atoms with E-state index in [1.165, 1.54) is 10.4 Å². The van der Waals surface area contributed by atoms with E-state index >= 15 is 0 Å². The first-order valence-electron chi connectivity index (χ1n) is 4.97. The summed E-state index contributed by atoms with van der Waals surface area (Å²) in [6.45, 7) is 4.49. The molecule has 1 aromatic carbocycles. The average molecular weight is 255 g/mol. The van der Waals surface area contributed by atoms with Crippen molar-refractivity contribution in [3.05, 3.63) is 23.8 Å².